The van der Waals surface area contributed by atoms with Crippen molar-refractivity contribution in [1.82, 2.24) is 4.90 Å². The second kappa shape index (κ2) is 5.55. The Hall–Kier alpha value is -2.01. The van der Waals surface area contributed by atoms with Gasteiger partial charge in [-0.25, -0.2) is 0 Å². The van der Waals surface area contributed by atoms with Crippen molar-refractivity contribution in [1.29, 1.82) is 0 Å². The Labute approximate surface area is 106 Å². The molecule has 0 amide bonds. The van der Waals surface area contributed by atoms with E-state index < -0.39 is 11.0 Å². The van der Waals surface area contributed by atoms with E-state index in [9.17, 15) is 14.9 Å². The molecule has 1 aromatic rings. The highest BCUT2D eigenvalue weighted by Crippen LogP contribution is 2.24. The fourth-order valence-corrected chi connectivity index (χ4v) is 1.70. The van der Waals surface area contributed by atoms with Crippen LogP contribution in [0.1, 0.15) is 18.5 Å². The molecule has 0 aliphatic heterocycles. The third-order valence-corrected chi connectivity index (χ3v) is 2.61. The van der Waals surface area contributed by atoms with E-state index in [0.29, 0.717) is 5.57 Å². The molecule has 0 saturated heterocycles. The number of non-ortho nitro benzene ring substituents is 1. The second-order valence-corrected chi connectivity index (χ2v) is 4.36. The lowest BCUT2D eigenvalue weighted by atomic mass is 9.98. The average molecular weight is 248 g/mol. The molecule has 0 saturated carbocycles. The van der Waals surface area contributed by atoms with E-state index in [1.165, 1.54) is 12.1 Å². The number of benzene rings is 1. The van der Waals surface area contributed by atoms with Crippen LogP contribution in [0.5, 0.6) is 0 Å². The molecule has 5 nitrogen and oxygen atoms in total. The number of hydrogen-bond acceptors (Lipinski definition) is 4. The van der Waals surface area contributed by atoms with E-state index in [1.807, 2.05) is 0 Å². The Bertz CT molecular complexity index is 478. The van der Waals surface area contributed by atoms with Crippen LogP contribution in [0.4, 0.5) is 5.69 Å². The molecule has 0 fully saturated rings. The number of Topliss-reactive ketones (excluding diaryl/α,β-unsaturated/α-hetero) is 1. The van der Waals surface area contributed by atoms with Crippen LogP contribution < -0.4 is 0 Å². The zero-order valence-electron chi connectivity index (χ0n) is 10.7. The van der Waals surface area contributed by atoms with Crippen molar-refractivity contribution in [3.05, 3.63) is 52.1 Å². The number of nitro groups is 1. The van der Waals surface area contributed by atoms with E-state index in [4.69, 9.17) is 0 Å². The molecule has 0 radical (unpaired) electrons. The summed E-state index contributed by atoms with van der Waals surface area (Å²) in [4.78, 5) is 23.9. The molecule has 5 heteroatoms. The van der Waals surface area contributed by atoms with Crippen LogP contribution in [0.15, 0.2) is 36.4 Å². The quantitative estimate of drug-likeness (QED) is 0.456. The first kappa shape index (κ1) is 14.1. The largest absolute Gasteiger partial charge is 0.296 e. The molecule has 0 aromatic heterocycles. The number of ketones is 1. The van der Waals surface area contributed by atoms with Gasteiger partial charge in [0, 0.05) is 12.1 Å². The zero-order valence-corrected chi connectivity index (χ0v) is 10.7. The van der Waals surface area contributed by atoms with Gasteiger partial charge in [-0.05, 0) is 32.2 Å². The summed E-state index contributed by atoms with van der Waals surface area (Å²) >= 11 is 0. The second-order valence-electron chi connectivity index (χ2n) is 4.36. The third kappa shape index (κ3) is 3.01. The molecule has 0 aliphatic rings. The Morgan fingerprint density at radius 3 is 2.17 bits per heavy atom. The van der Waals surface area contributed by atoms with Crippen molar-refractivity contribution in [3.63, 3.8) is 0 Å². The van der Waals surface area contributed by atoms with Crippen molar-refractivity contribution in [2.24, 2.45) is 0 Å². The van der Waals surface area contributed by atoms with Crippen LogP contribution in [0.2, 0.25) is 0 Å². The van der Waals surface area contributed by atoms with Crippen LogP contribution in [0.3, 0.4) is 0 Å². The summed E-state index contributed by atoms with van der Waals surface area (Å²) in [5.41, 5.74) is 1.20. The molecule has 1 unspecified atom stereocenters. The Morgan fingerprint density at radius 2 is 1.83 bits per heavy atom. The molecule has 1 rings (SSSR count). The van der Waals surface area contributed by atoms with Gasteiger partial charge in [0.1, 0.15) is 0 Å². The molecule has 0 aliphatic carbocycles. The number of hydrogen-bond donors (Lipinski definition) is 0. The first-order valence-electron chi connectivity index (χ1n) is 5.45. The first-order valence-corrected chi connectivity index (χ1v) is 5.45. The molecule has 0 spiro atoms. The van der Waals surface area contributed by atoms with E-state index >= 15 is 0 Å². The number of nitrogens with zero attached hydrogens (tertiary/aromatic N) is 2. The summed E-state index contributed by atoms with van der Waals surface area (Å²) < 4.78 is 0. The van der Waals surface area contributed by atoms with Gasteiger partial charge in [-0.2, -0.15) is 0 Å². The normalized spacial score (nSPS) is 12.2. The summed E-state index contributed by atoms with van der Waals surface area (Å²) in [7, 11) is 3.57. The smallest absolute Gasteiger partial charge is 0.269 e. The van der Waals surface area contributed by atoms with Crippen LogP contribution in [0.25, 0.3) is 0 Å². The van der Waals surface area contributed by atoms with Crippen molar-refractivity contribution < 1.29 is 9.72 Å². The monoisotopic (exact) mass is 248 g/mol. The van der Waals surface area contributed by atoms with Gasteiger partial charge in [0.25, 0.3) is 5.69 Å². The summed E-state index contributed by atoms with van der Waals surface area (Å²) in [6, 6.07) is 5.55. The average Bonchev–Trinajstić information content (AvgIpc) is 2.29. The Kier molecular flexibility index (Phi) is 4.33. The molecule has 18 heavy (non-hydrogen) atoms. The van der Waals surface area contributed by atoms with E-state index in [2.05, 4.69) is 6.58 Å². The van der Waals surface area contributed by atoms with E-state index in [-0.39, 0.29) is 11.5 Å². The van der Waals surface area contributed by atoms with Crippen LogP contribution in [0, 0.1) is 10.1 Å². The highest BCUT2D eigenvalue weighted by Gasteiger charge is 2.23. The summed E-state index contributed by atoms with van der Waals surface area (Å²) in [6.45, 7) is 5.30. The number of nitro benzene ring substituents is 1. The lowest BCUT2D eigenvalue weighted by molar-refractivity contribution is -0.384. The predicted molar refractivity (Wildman–Crippen MR) is 69.3 cm³/mol. The van der Waals surface area contributed by atoms with Gasteiger partial charge >= 0.3 is 0 Å². The Balaban J connectivity index is 3.11. The topological polar surface area (TPSA) is 63.4 Å². The SMILES string of the molecule is C=C(C)C(=O)C(c1ccc([N+](=O)[O-])cc1)N(C)C. The molecule has 0 bridgehead atoms. The third-order valence-electron chi connectivity index (χ3n) is 2.61. The first-order chi connectivity index (χ1) is 8.34. The maximum absolute atomic E-state index is 12.0. The van der Waals surface area contributed by atoms with Crippen molar-refractivity contribution >= 4 is 11.5 Å². The van der Waals surface area contributed by atoms with Gasteiger partial charge < -0.3 is 0 Å². The van der Waals surface area contributed by atoms with Crippen LogP contribution in [-0.2, 0) is 4.79 Å². The fraction of sp³-hybridized carbons (Fsp3) is 0.308. The van der Waals surface area contributed by atoms with Gasteiger partial charge in [0.2, 0.25) is 0 Å². The lowest BCUT2D eigenvalue weighted by Gasteiger charge is -2.23. The van der Waals surface area contributed by atoms with E-state index in [0.717, 1.165) is 5.56 Å². The summed E-state index contributed by atoms with van der Waals surface area (Å²) in [5, 5.41) is 10.6. The summed E-state index contributed by atoms with van der Waals surface area (Å²) in [5.74, 6) is -0.0890. The van der Waals surface area contributed by atoms with Crippen molar-refractivity contribution in [2.45, 2.75) is 13.0 Å². The highest BCUT2D eigenvalue weighted by atomic mass is 16.6. The number of likely N-dealkylation sites (N-methyl/N-ethyl adjacent to an activating group) is 1. The zero-order chi connectivity index (χ0) is 13.9. The standard InChI is InChI=1S/C13H16N2O3/c1-9(2)13(16)12(14(3)4)10-5-7-11(8-6-10)15(17)18/h5-8,12H,1H2,2-4H3. The molecule has 96 valence electrons. The predicted octanol–water partition coefficient (Wildman–Crippen LogP) is 2.34. The van der Waals surface area contributed by atoms with Crippen molar-refractivity contribution in [2.75, 3.05) is 14.1 Å². The minimum absolute atomic E-state index is 0.0130. The Morgan fingerprint density at radius 1 is 1.33 bits per heavy atom. The van der Waals surface area contributed by atoms with Crippen LogP contribution in [-0.4, -0.2) is 29.7 Å². The maximum atomic E-state index is 12.0. The van der Waals surface area contributed by atoms with Gasteiger partial charge in [0.15, 0.2) is 5.78 Å². The van der Waals surface area contributed by atoms with E-state index in [1.54, 1.807) is 38.1 Å². The molecule has 1 atom stereocenters. The van der Waals surface area contributed by atoms with Gasteiger partial charge in [-0.15, -0.1) is 0 Å². The van der Waals surface area contributed by atoms with Gasteiger partial charge in [-0.1, -0.05) is 18.7 Å². The molecular weight excluding hydrogens is 232 g/mol. The minimum atomic E-state index is -0.463. The minimum Gasteiger partial charge on any atom is -0.296 e. The molecule has 0 N–H and O–H groups in total. The number of carbonyl (C=O) groups is 1. The molecule has 0 heterocycles. The number of carbonyl (C=O) groups excluding carboxylic acids is 1. The summed E-state index contributed by atoms with van der Waals surface area (Å²) in [6.07, 6.45) is 0. The van der Waals surface area contributed by atoms with Gasteiger partial charge in [0.05, 0.1) is 11.0 Å². The highest BCUT2D eigenvalue weighted by molar-refractivity contribution is 5.99. The fourth-order valence-electron chi connectivity index (χ4n) is 1.70. The molecule has 1 aromatic carbocycles. The van der Waals surface area contributed by atoms with Crippen LogP contribution >= 0.6 is 0 Å². The molecular formula is C13H16N2O3. The number of rotatable bonds is 5. The lowest BCUT2D eigenvalue weighted by Crippen LogP contribution is -2.28. The van der Waals surface area contributed by atoms with Crippen molar-refractivity contribution in [3.8, 4) is 0 Å². The maximum Gasteiger partial charge on any atom is 0.269 e. The van der Waals surface area contributed by atoms with Gasteiger partial charge in [-0.3, -0.25) is 19.8 Å².